The zero-order chi connectivity index (χ0) is 21.0. The fraction of sp³-hybridized carbons (Fsp3) is 0.391. The van der Waals surface area contributed by atoms with Gasteiger partial charge in [-0.25, -0.2) is 9.18 Å². The number of rotatable bonds is 7. The summed E-state index contributed by atoms with van der Waals surface area (Å²) in [6, 6.07) is 11.6. The summed E-state index contributed by atoms with van der Waals surface area (Å²) >= 11 is 0. The minimum atomic E-state index is -0.288. The van der Waals surface area contributed by atoms with Crippen LogP contribution >= 0.6 is 0 Å². The Morgan fingerprint density at radius 2 is 1.86 bits per heavy atom. The second kappa shape index (κ2) is 9.07. The van der Waals surface area contributed by atoms with Crippen LogP contribution in [0.5, 0.6) is 0 Å². The van der Waals surface area contributed by atoms with Gasteiger partial charge in [-0.2, -0.15) is 0 Å². The van der Waals surface area contributed by atoms with Crippen LogP contribution in [0.2, 0.25) is 0 Å². The molecule has 1 fully saturated rings. The van der Waals surface area contributed by atoms with Gasteiger partial charge in [0, 0.05) is 29.9 Å². The largest absolute Gasteiger partial charge is 0.350 e. The molecule has 0 aliphatic heterocycles. The Morgan fingerprint density at radius 3 is 2.45 bits per heavy atom. The van der Waals surface area contributed by atoms with Crippen LogP contribution in [0.3, 0.4) is 0 Å². The fourth-order valence-electron chi connectivity index (χ4n) is 3.08. The van der Waals surface area contributed by atoms with E-state index in [0.29, 0.717) is 17.8 Å². The van der Waals surface area contributed by atoms with Crippen molar-refractivity contribution in [1.29, 1.82) is 0 Å². The summed E-state index contributed by atoms with van der Waals surface area (Å²) in [7, 11) is 0. The topological polar surface area (TPSA) is 61.4 Å². The first kappa shape index (κ1) is 20.8. The first-order valence-electron chi connectivity index (χ1n) is 10.1. The van der Waals surface area contributed by atoms with E-state index in [-0.39, 0.29) is 29.8 Å². The molecule has 1 aliphatic carbocycles. The van der Waals surface area contributed by atoms with Crippen LogP contribution in [0, 0.1) is 12.7 Å². The van der Waals surface area contributed by atoms with Gasteiger partial charge in [0.25, 0.3) is 5.91 Å². The molecular weight excluding hydrogens is 369 g/mol. The number of anilines is 1. The number of urea groups is 1. The van der Waals surface area contributed by atoms with Gasteiger partial charge in [-0.05, 0) is 74.6 Å². The normalized spacial score (nSPS) is 14.2. The number of halogens is 1. The molecule has 3 amide bonds. The van der Waals surface area contributed by atoms with Crippen molar-refractivity contribution in [3.63, 3.8) is 0 Å². The molecule has 0 radical (unpaired) electrons. The van der Waals surface area contributed by atoms with Crippen molar-refractivity contribution >= 4 is 17.6 Å². The van der Waals surface area contributed by atoms with E-state index in [1.165, 1.54) is 12.1 Å². The van der Waals surface area contributed by atoms with Gasteiger partial charge in [0.1, 0.15) is 5.82 Å². The van der Waals surface area contributed by atoms with Gasteiger partial charge in [-0.1, -0.05) is 19.1 Å². The van der Waals surface area contributed by atoms with Crippen molar-refractivity contribution in [3.8, 4) is 0 Å². The number of amides is 3. The predicted octanol–water partition coefficient (Wildman–Crippen LogP) is 4.86. The molecule has 2 N–H and O–H groups in total. The van der Waals surface area contributed by atoms with E-state index >= 15 is 0 Å². The van der Waals surface area contributed by atoms with Crippen molar-refractivity contribution in [1.82, 2.24) is 10.2 Å². The van der Waals surface area contributed by atoms with Crippen LogP contribution in [0.4, 0.5) is 14.9 Å². The molecule has 0 heterocycles. The smallest absolute Gasteiger partial charge is 0.322 e. The maximum atomic E-state index is 13.1. The molecule has 29 heavy (non-hydrogen) atoms. The van der Waals surface area contributed by atoms with Crippen LogP contribution in [0.25, 0.3) is 0 Å². The summed E-state index contributed by atoms with van der Waals surface area (Å²) in [6.07, 6.45) is 2.81. The third kappa shape index (κ3) is 5.56. The van der Waals surface area contributed by atoms with Crippen molar-refractivity contribution in [2.24, 2.45) is 0 Å². The molecule has 1 unspecified atom stereocenters. The molecule has 0 aromatic heterocycles. The lowest BCUT2D eigenvalue weighted by molar-refractivity contribution is 0.0939. The minimum absolute atomic E-state index is 0.112. The molecule has 0 bridgehead atoms. The second-order valence-electron chi connectivity index (χ2n) is 7.73. The van der Waals surface area contributed by atoms with Crippen LogP contribution in [0.15, 0.2) is 42.5 Å². The molecule has 5 nitrogen and oxygen atoms in total. The molecule has 6 heteroatoms. The van der Waals surface area contributed by atoms with Crippen molar-refractivity contribution < 1.29 is 14.0 Å². The summed E-state index contributed by atoms with van der Waals surface area (Å²) in [5.74, 6) is -0.402. The Hall–Kier alpha value is -2.89. The van der Waals surface area contributed by atoms with Crippen LogP contribution < -0.4 is 10.6 Å². The van der Waals surface area contributed by atoms with Gasteiger partial charge in [0.05, 0.1) is 0 Å². The van der Waals surface area contributed by atoms with Crippen molar-refractivity contribution in [2.45, 2.75) is 58.7 Å². The lowest BCUT2D eigenvalue weighted by atomic mass is 10.1. The third-order valence-electron chi connectivity index (χ3n) is 5.23. The number of carbonyl (C=O) groups excluding carboxylic acids is 2. The van der Waals surface area contributed by atoms with Crippen molar-refractivity contribution in [3.05, 3.63) is 65.0 Å². The molecule has 1 atom stereocenters. The monoisotopic (exact) mass is 397 g/mol. The molecular formula is C23H28FN3O2. The summed E-state index contributed by atoms with van der Waals surface area (Å²) < 4.78 is 13.1. The first-order valence-corrected chi connectivity index (χ1v) is 10.1. The molecule has 1 aliphatic rings. The highest BCUT2D eigenvalue weighted by molar-refractivity contribution is 5.96. The first-order chi connectivity index (χ1) is 13.9. The highest BCUT2D eigenvalue weighted by atomic mass is 19.1. The number of nitrogens with zero attached hydrogens (tertiary/aromatic N) is 1. The highest BCUT2D eigenvalue weighted by Gasteiger charge is 2.32. The lowest BCUT2D eigenvalue weighted by Gasteiger charge is -2.23. The maximum absolute atomic E-state index is 13.1. The molecule has 0 saturated heterocycles. The zero-order valence-corrected chi connectivity index (χ0v) is 17.2. The lowest BCUT2D eigenvalue weighted by Crippen LogP contribution is -2.36. The minimum Gasteiger partial charge on any atom is -0.350 e. The highest BCUT2D eigenvalue weighted by Crippen LogP contribution is 2.29. The molecule has 2 aromatic carbocycles. The van der Waals surface area contributed by atoms with Crippen LogP contribution in [-0.4, -0.2) is 28.9 Å². The average molecular weight is 397 g/mol. The summed E-state index contributed by atoms with van der Waals surface area (Å²) in [4.78, 5) is 27.0. The van der Waals surface area contributed by atoms with Gasteiger partial charge in [-0.15, -0.1) is 0 Å². The van der Waals surface area contributed by atoms with Gasteiger partial charge >= 0.3 is 6.03 Å². The summed E-state index contributed by atoms with van der Waals surface area (Å²) in [5.41, 5.74) is 2.97. The van der Waals surface area contributed by atoms with E-state index < -0.39 is 0 Å². The van der Waals surface area contributed by atoms with E-state index in [2.05, 4.69) is 10.6 Å². The predicted molar refractivity (Wildman–Crippen MR) is 112 cm³/mol. The van der Waals surface area contributed by atoms with E-state index in [9.17, 15) is 14.0 Å². The fourth-order valence-corrected chi connectivity index (χ4v) is 3.08. The number of aryl methyl sites for hydroxylation is 1. The number of nitrogens with one attached hydrogen (secondary N) is 2. The maximum Gasteiger partial charge on any atom is 0.322 e. The van der Waals surface area contributed by atoms with E-state index in [0.717, 1.165) is 30.4 Å². The Labute approximate surface area is 171 Å². The standard InChI is InChI=1S/C23H28FN3O2/c1-4-16(3)25-22(28)18-7-12-21(15(2)13-18)26-23(29)27(20-10-11-20)14-17-5-8-19(24)9-6-17/h5-9,12-13,16,20H,4,10-11,14H2,1-3H3,(H,25,28)(H,26,29). The van der Waals surface area contributed by atoms with E-state index in [4.69, 9.17) is 0 Å². The molecule has 3 rings (SSSR count). The number of hydrogen-bond acceptors (Lipinski definition) is 2. The Morgan fingerprint density at radius 1 is 1.17 bits per heavy atom. The molecule has 1 saturated carbocycles. The number of carbonyl (C=O) groups is 2. The molecule has 154 valence electrons. The third-order valence-corrected chi connectivity index (χ3v) is 5.23. The number of hydrogen-bond donors (Lipinski definition) is 2. The van der Waals surface area contributed by atoms with Crippen molar-refractivity contribution in [2.75, 3.05) is 5.32 Å². The SMILES string of the molecule is CCC(C)NC(=O)c1ccc(NC(=O)N(Cc2ccc(F)cc2)C2CC2)c(C)c1. The van der Waals surface area contributed by atoms with E-state index in [1.54, 1.807) is 35.2 Å². The van der Waals surface area contributed by atoms with Gasteiger partial charge in [0.15, 0.2) is 0 Å². The quantitative estimate of drug-likeness (QED) is 0.701. The molecule has 2 aromatic rings. The summed E-state index contributed by atoms with van der Waals surface area (Å²) in [5, 5.41) is 5.91. The summed E-state index contributed by atoms with van der Waals surface area (Å²) in [6.45, 7) is 6.29. The van der Waals surface area contributed by atoms with E-state index in [1.807, 2.05) is 20.8 Å². The van der Waals surface area contributed by atoms with Gasteiger partial charge < -0.3 is 15.5 Å². The zero-order valence-electron chi connectivity index (χ0n) is 17.2. The molecule has 0 spiro atoms. The van der Waals surface area contributed by atoms with Gasteiger partial charge in [0.2, 0.25) is 0 Å². The Bertz CT molecular complexity index is 878. The van der Waals surface area contributed by atoms with Crippen LogP contribution in [-0.2, 0) is 6.54 Å². The van der Waals surface area contributed by atoms with Gasteiger partial charge in [-0.3, -0.25) is 4.79 Å². The van der Waals surface area contributed by atoms with Crippen LogP contribution in [0.1, 0.15) is 54.6 Å². The second-order valence-corrected chi connectivity index (χ2v) is 7.73. The average Bonchev–Trinajstić information content (AvgIpc) is 3.53. The Kier molecular flexibility index (Phi) is 6.52. The Balaban J connectivity index is 1.68. The number of benzene rings is 2.